The fourth-order valence-corrected chi connectivity index (χ4v) is 2.71. The average molecular weight is 405 g/mol. The maximum atomic E-state index is 4.29. The second-order valence-corrected chi connectivity index (χ2v) is 5.71. The van der Waals surface area contributed by atoms with Crippen LogP contribution >= 0.6 is 24.0 Å². The number of halogens is 1. The smallest absolute Gasteiger partial charge is 0.190 e. The SMILES string of the molecule is CCC1(CNC(=NC)NCCCn2ccnc2)CCC1.I. The van der Waals surface area contributed by atoms with Gasteiger partial charge in [0.1, 0.15) is 0 Å². The molecule has 1 heterocycles. The first-order chi connectivity index (χ1) is 9.78. The molecule has 1 aromatic heterocycles. The minimum Gasteiger partial charge on any atom is -0.356 e. The van der Waals surface area contributed by atoms with Gasteiger partial charge in [0.2, 0.25) is 0 Å². The highest BCUT2D eigenvalue weighted by Crippen LogP contribution is 2.42. The predicted octanol–water partition coefficient (Wildman–Crippen LogP) is 2.64. The summed E-state index contributed by atoms with van der Waals surface area (Å²) in [7, 11) is 1.84. The number of rotatable bonds is 7. The van der Waals surface area contributed by atoms with Crippen LogP contribution in [0, 0.1) is 5.41 Å². The Morgan fingerprint density at radius 3 is 2.71 bits per heavy atom. The van der Waals surface area contributed by atoms with Crippen molar-refractivity contribution in [3.05, 3.63) is 18.7 Å². The molecule has 1 aliphatic carbocycles. The zero-order chi connectivity index (χ0) is 14.3. The van der Waals surface area contributed by atoms with Gasteiger partial charge in [-0.3, -0.25) is 4.99 Å². The largest absolute Gasteiger partial charge is 0.356 e. The van der Waals surface area contributed by atoms with E-state index in [-0.39, 0.29) is 24.0 Å². The second kappa shape index (κ2) is 9.27. The molecule has 0 aromatic carbocycles. The first kappa shape index (κ1) is 18.3. The molecule has 6 heteroatoms. The summed E-state index contributed by atoms with van der Waals surface area (Å²) in [5, 5.41) is 6.86. The number of hydrogen-bond donors (Lipinski definition) is 2. The standard InChI is InChI=1S/C15H27N5.HI/c1-3-15(6-4-7-15)12-19-14(16-2)18-8-5-10-20-11-9-17-13-20;/h9,11,13H,3-8,10,12H2,1-2H3,(H2,16,18,19);1H. The molecule has 0 bridgehead atoms. The van der Waals surface area contributed by atoms with Crippen molar-refractivity contribution in [1.29, 1.82) is 0 Å². The lowest BCUT2D eigenvalue weighted by Crippen LogP contribution is -2.46. The number of aliphatic imine (C=N–C) groups is 1. The molecule has 21 heavy (non-hydrogen) atoms. The van der Waals surface area contributed by atoms with Gasteiger partial charge in [-0.15, -0.1) is 24.0 Å². The Bertz CT molecular complexity index is 406. The zero-order valence-corrected chi connectivity index (χ0v) is 15.5. The van der Waals surface area contributed by atoms with Gasteiger partial charge in [-0.05, 0) is 31.1 Å². The van der Waals surface area contributed by atoms with Gasteiger partial charge < -0.3 is 15.2 Å². The molecular weight excluding hydrogens is 377 g/mol. The Morgan fingerprint density at radius 2 is 2.19 bits per heavy atom. The van der Waals surface area contributed by atoms with Gasteiger partial charge in [0.15, 0.2) is 5.96 Å². The van der Waals surface area contributed by atoms with Crippen molar-refractivity contribution in [2.24, 2.45) is 10.4 Å². The number of guanidine groups is 1. The summed E-state index contributed by atoms with van der Waals surface area (Å²) in [6, 6.07) is 0. The maximum absolute atomic E-state index is 4.29. The summed E-state index contributed by atoms with van der Waals surface area (Å²) in [6.07, 6.45) is 12.1. The molecule has 1 aliphatic rings. The van der Waals surface area contributed by atoms with Crippen LogP contribution in [0.1, 0.15) is 39.0 Å². The number of aromatic nitrogens is 2. The Balaban J connectivity index is 0.00000220. The third-order valence-electron chi connectivity index (χ3n) is 4.46. The lowest BCUT2D eigenvalue weighted by Gasteiger charge is -2.41. The number of nitrogens with zero attached hydrogens (tertiary/aromatic N) is 3. The van der Waals surface area contributed by atoms with E-state index in [0.29, 0.717) is 5.41 Å². The van der Waals surface area contributed by atoms with Crippen LogP contribution in [0.2, 0.25) is 0 Å². The van der Waals surface area contributed by atoms with E-state index in [9.17, 15) is 0 Å². The lowest BCUT2D eigenvalue weighted by molar-refractivity contribution is 0.131. The van der Waals surface area contributed by atoms with Crippen LogP contribution in [-0.4, -0.2) is 35.6 Å². The molecule has 5 nitrogen and oxygen atoms in total. The van der Waals surface area contributed by atoms with Crippen molar-refractivity contribution in [2.45, 2.75) is 45.6 Å². The van der Waals surface area contributed by atoms with Crippen molar-refractivity contribution >= 4 is 29.9 Å². The van der Waals surface area contributed by atoms with Crippen LogP contribution in [-0.2, 0) is 6.54 Å². The zero-order valence-electron chi connectivity index (χ0n) is 13.1. The quantitative estimate of drug-likeness (QED) is 0.318. The molecule has 1 saturated carbocycles. The lowest BCUT2D eigenvalue weighted by atomic mass is 9.67. The highest BCUT2D eigenvalue weighted by atomic mass is 127. The van der Waals surface area contributed by atoms with Gasteiger partial charge in [0.25, 0.3) is 0 Å². The van der Waals surface area contributed by atoms with Crippen LogP contribution in [0.25, 0.3) is 0 Å². The van der Waals surface area contributed by atoms with Gasteiger partial charge in [0, 0.05) is 39.1 Å². The van der Waals surface area contributed by atoms with Gasteiger partial charge in [-0.25, -0.2) is 4.98 Å². The number of aryl methyl sites for hydroxylation is 1. The van der Waals surface area contributed by atoms with Crippen molar-refractivity contribution in [2.75, 3.05) is 20.1 Å². The predicted molar refractivity (Wildman–Crippen MR) is 98.2 cm³/mol. The van der Waals surface area contributed by atoms with Crippen LogP contribution in [0.3, 0.4) is 0 Å². The molecule has 0 amide bonds. The van der Waals surface area contributed by atoms with Crippen molar-refractivity contribution in [3.8, 4) is 0 Å². The minimum atomic E-state index is 0. The Kier molecular flexibility index (Phi) is 8.06. The average Bonchev–Trinajstić information content (AvgIpc) is 2.93. The minimum absolute atomic E-state index is 0. The fraction of sp³-hybridized carbons (Fsp3) is 0.733. The first-order valence-electron chi connectivity index (χ1n) is 7.68. The van der Waals surface area contributed by atoms with E-state index in [0.717, 1.165) is 32.0 Å². The van der Waals surface area contributed by atoms with Gasteiger partial charge in [-0.1, -0.05) is 13.3 Å². The Labute approximate surface area is 145 Å². The number of imidazole rings is 1. The third kappa shape index (κ3) is 5.48. The molecule has 2 rings (SSSR count). The molecule has 0 spiro atoms. The van der Waals surface area contributed by atoms with Gasteiger partial charge in [0.05, 0.1) is 6.33 Å². The van der Waals surface area contributed by atoms with Crippen LogP contribution < -0.4 is 10.6 Å². The van der Waals surface area contributed by atoms with E-state index in [1.807, 2.05) is 25.8 Å². The molecule has 1 fully saturated rings. The summed E-state index contributed by atoms with van der Waals surface area (Å²) >= 11 is 0. The normalized spacial score (nSPS) is 16.8. The maximum Gasteiger partial charge on any atom is 0.190 e. The van der Waals surface area contributed by atoms with Crippen molar-refractivity contribution < 1.29 is 0 Å². The molecule has 2 N–H and O–H groups in total. The second-order valence-electron chi connectivity index (χ2n) is 5.71. The number of nitrogens with one attached hydrogen (secondary N) is 2. The molecule has 0 radical (unpaired) electrons. The van der Waals surface area contributed by atoms with Gasteiger partial charge >= 0.3 is 0 Å². The van der Waals surface area contributed by atoms with Gasteiger partial charge in [-0.2, -0.15) is 0 Å². The van der Waals surface area contributed by atoms with E-state index in [4.69, 9.17) is 0 Å². The summed E-state index contributed by atoms with van der Waals surface area (Å²) in [5.41, 5.74) is 0.522. The van der Waals surface area contributed by atoms with Crippen molar-refractivity contribution in [1.82, 2.24) is 20.2 Å². The fourth-order valence-electron chi connectivity index (χ4n) is 2.71. The van der Waals surface area contributed by atoms with E-state index in [1.54, 1.807) is 0 Å². The van der Waals surface area contributed by atoms with E-state index in [1.165, 1.54) is 25.7 Å². The molecule has 1 aromatic rings. The summed E-state index contributed by atoms with van der Waals surface area (Å²) in [4.78, 5) is 8.33. The van der Waals surface area contributed by atoms with Crippen LogP contribution in [0.15, 0.2) is 23.7 Å². The monoisotopic (exact) mass is 405 g/mol. The molecular formula is C15H28IN5. The molecule has 0 aliphatic heterocycles. The van der Waals surface area contributed by atoms with Crippen molar-refractivity contribution in [3.63, 3.8) is 0 Å². The Morgan fingerprint density at radius 1 is 1.38 bits per heavy atom. The highest BCUT2D eigenvalue weighted by Gasteiger charge is 2.34. The van der Waals surface area contributed by atoms with E-state index in [2.05, 4.69) is 32.1 Å². The van der Waals surface area contributed by atoms with Crippen LogP contribution in [0.4, 0.5) is 0 Å². The van der Waals surface area contributed by atoms with E-state index >= 15 is 0 Å². The highest BCUT2D eigenvalue weighted by molar-refractivity contribution is 14.0. The molecule has 0 unspecified atom stereocenters. The summed E-state index contributed by atoms with van der Waals surface area (Å²) in [6.45, 7) is 5.26. The number of hydrogen-bond acceptors (Lipinski definition) is 2. The summed E-state index contributed by atoms with van der Waals surface area (Å²) < 4.78 is 2.10. The molecule has 0 saturated heterocycles. The summed E-state index contributed by atoms with van der Waals surface area (Å²) in [5.74, 6) is 0.926. The third-order valence-corrected chi connectivity index (χ3v) is 4.46. The molecule has 120 valence electrons. The molecule has 0 atom stereocenters. The first-order valence-corrected chi connectivity index (χ1v) is 7.68. The van der Waals surface area contributed by atoms with E-state index < -0.39 is 0 Å². The topological polar surface area (TPSA) is 54.2 Å². The Hall–Kier alpha value is -0.790. The van der Waals surface area contributed by atoms with Crippen LogP contribution in [0.5, 0.6) is 0 Å².